The van der Waals surface area contributed by atoms with Crippen LogP contribution in [0.1, 0.15) is 58.9 Å². The number of hydrogen-bond acceptors (Lipinski definition) is 20. The quantitative estimate of drug-likeness (QED) is 0.0309. The third kappa shape index (κ3) is 14.8. The summed E-state index contributed by atoms with van der Waals surface area (Å²) in [7, 11) is 1.29. The van der Waals surface area contributed by atoms with Crippen molar-refractivity contribution in [1.29, 1.82) is 0 Å². The van der Waals surface area contributed by atoms with Crippen molar-refractivity contribution in [3.05, 3.63) is 88.1 Å². The molecular formula is C39H51BrN16O15. The predicted octanol–water partition coefficient (Wildman–Crippen LogP) is 6.70. The largest absolute Gasteiger partial charge is 0.458 e. The molecule has 3 saturated heterocycles. The monoisotopic (exact) mass is 1060 g/mol. The molecule has 17 atom stereocenters. The lowest BCUT2D eigenvalue weighted by molar-refractivity contribution is -0.292. The number of halogens is 1. The zero-order chi connectivity index (χ0) is 51.6. The first kappa shape index (κ1) is 55.6. The molecule has 4 aliphatic rings. The Morgan fingerprint density at radius 3 is 1.85 bits per heavy atom. The lowest BCUT2D eigenvalue weighted by Crippen LogP contribution is -2.62. The van der Waals surface area contributed by atoms with Crippen molar-refractivity contribution >= 4 is 40.1 Å². The van der Waals surface area contributed by atoms with Crippen molar-refractivity contribution in [3.8, 4) is 0 Å². The summed E-state index contributed by atoms with van der Waals surface area (Å²) in [5, 5.41) is 19.0. The second kappa shape index (κ2) is 27.3. The number of ether oxygens (including phenoxy) is 11. The summed E-state index contributed by atoms with van der Waals surface area (Å²) in [5.74, 6) is -2.58. The van der Waals surface area contributed by atoms with Crippen LogP contribution in [0.15, 0.2) is 55.9 Å². The topological polar surface area (TPSA) is 417 Å². The van der Waals surface area contributed by atoms with Gasteiger partial charge >= 0.3 is 24.0 Å². The zero-order valence-electron chi connectivity index (χ0n) is 38.8. The van der Waals surface area contributed by atoms with E-state index in [4.69, 9.17) is 57.6 Å². The SMILES string of the molecule is CC[C@H]1O[C@@H](O[C@@H]2[C@@H](OC)[C@H](N=[N+]=[N-])C[C@H](N=[N+]=[N-])[C@H]2O[C@H]2O[C@H](CN(Br)C(=O)OCc3ccccc3)CC[C@H]2N=[N+]=[N-])[C@H](OC(C)=O)[C@@H]1O[C@H]1O[C@@H](CN=[N+]=[N-])[C@@H](OC(C)=O)[C@H](OC(C)=O)[C@H]1N=[N+]=[N-]. The van der Waals surface area contributed by atoms with E-state index in [0.29, 0.717) is 0 Å². The van der Waals surface area contributed by atoms with Crippen molar-refractivity contribution in [3.63, 3.8) is 0 Å². The number of benzene rings is 1. The van der Waals surface area contributed by atoms with E-state index in [1.807, 2.05) is 6.07 Å². The van der Waals surface area contributed by atoms with Gasteiger partial charge in [-0.1, -0.05) is 62.8 Å². The molecule has 0 radical (unpaired) electrons. The molecule has 1 aromatic carbocycles. The fourth-order valence-electron chi connectivity index (χ4n) is 8.62. The molecule has 1 amide bonds. The van der Waals surface area contributed by atoms with Crippen LogP contribution in [-0.4, -0.2) is 152 Å². The molecule has 0 N–H and O–H groups in total. The summed E-state index contributed by atoms with van der Waals surface area (Å²) < 4.78 is 67.7. The maximum absolute atomic E-state index is 13.0. The van der Waals surface area contributed by atoms with Crippen LogP contribution in [0.25, 0.3) is 52.2 Å². The van der Waals surface area contributed by atoms with Crippen molar-refractivity contribution in [2.75, 3.05) is 20.2 Å². The van der Waals surface area contributed by atoms with E-state index in [1.165, 1.54) is 7.11 Å². The summed E-state index contributed by atoms with van der Waals surface area (Å²) in [6.45, 7) is 4.33. The Morgan fingerprint density at radius 1 is 0.662 bits per heavy atom. The number of rotatable bonds is 21. The molecule has 0 aromatic heterocycles. The van der Waals surface area contributed by atoms with Gasteiger partial charge in [-0.15, -0.1) is 0 Å². The van der Waals surface area contributed by atoms with Crippen molar-refractivity contribution in [2.24, 2.45) is 25.6 Å². The molecule has 71 heavy (non-hydrogen) atoms. The molecular weight excluding hydrogens is 1010 g/mol. The molecule has 5 rings (SSSR count). The predicted molar refractivity (Wildman–Crippen MR) is 240 cm³/mol. The van der Waals surface area contributed by atoms with Gasteiger partial charge in [-0.25, -0.2) is 8.72 Å². The van der Waals surface area contributed by atoms with E-state index in [1.54, 1.807) is 31.2 Å². The molecule has 1 aromatic rings. The van der Waals surface area contributed by atoms with Gasteiger partial charge < -0.3 is 52.1 Å². The Bertz CT molecular complexity index is 2260. The van der Waals surface area contributed by atoms with Gasteiger partial charge in [0.25, 0.3) is 0 Å². The van der Waals surface area contributed by atoms with Crippen molar-refractivity contribution in [2.45, 2.75) is 164 Å². The van der Waals surface area contributed by atoms with Crippen LogP contribution in [0.2, 0.25) is 0 Å². The standard InChI is InChI=1S/C39H51BrN16O15/c1-6-26-31(70-37-28(50-55-45)33(64-19(3)58)32(63-18(2)57)27(68-37)15-46-51-41)35(65-20(4)59)38(67-26)71-34-29(61-5)24(48-53-43)14-25(49-54-44)30(34)69-36-23(47-52-42)13-12-22(66-36)16-56(40)39(60)62-17-21-10-8-7-9-11-21/h7-11,22-38H,6,12-17H2,1-5H3/t22-,23+,24+,25-,26+,27-,28+,29-,30+,31+,32+,33+,34+,35+,36+,37+,38-/m0/s1. The maximum Gasteiger partial charge on any atom is 0.420 e. The van der Waals surface area contributed by atoms with E-state index in [-0.39, 0.29) is 38.8 Å². The second-order valence-electron chi connectivity index (χ2n) is 16.2. The zero-order valence-corrected chi connectivity index (χ0v) is 40.4. The van der Waals surface area contributed by atoms with Gasteiger partial charge in [-0.3, -0.25) is 14.4 Å². The normalized spacial score (nSPS) is 33.1. The minimum atomic E-state index is -1.70. The Hall–Kier alpha value is -6.35. The van der Waals surface area contributed by atoms with Gasteiger partial charge in [0, 0.05) is 52.4 Å². The fourth-order valence-corrected chi connectivity index (χ4v) is 9.04. The summed E-state index contributed by atoms with van der Waals surface area (Å²) in [6.07, 6.45) is -18.1. The van der Waals surface area contributed by atoms with Gasteiger partial charge in [0.05, 0.1) is 71.8 Å². The molecule has 32 heteroatoms. The average Bonchev–Trinajstić information content (AvgIpc) is 3.65. The first-order valence-electron chi connectivity index (χ1n) is 22.0. The number of esters is 3. The first-order valence-corrected chi connectivity index (χ1v) is 22.7. The lowest BCUT2D eigenvalue weighted by Gasteiger charge is -2.46. The van der Waals surface area contributed by atoms with Crippen LogP contribution in [0.3, 0.4) is 0 Å². The molecule has 384 valence electrons. The van der Waals surface area contributed by atoms with Crippen LogP contribution in [0.4, 0.5) is 4.79 Å². The number of nitrogens with zero attached hydrogens (tertiary/aromatic N) is 16. The van der Waals surface area contributed by atoms with Crippen LogP contribution in [0, 0.1) is 0 Å². The van der Waals surface area contributed by atoms with Crippen LogP contribution in [0.5, 0.6) is 0 Å². The number of hydrogen-bond donors (Lipinski definition) is 0. The number of carbonyl (C=O) groups is 4. The first-order chi connectivity index (χ1) is 34.2. The highest BCUT2D eigenvalue weighted by molar-refractivity contribution is 9.07. The molecule has 1 aliphatic carbocycles. The number of carbonyl (C=O) groups excluding carboxylic acids is 4. The Kier molecular flexibility index (Phi) is 21.4. The van der Waals surface area contributed by atoms with E-state index in [0.717, 1.165) is 30.3 Å². The average molecular weight is 1060 g/mol. The van der Waals surface area contributed by atoms with Gasteiger partial charge in [-0.05, 0) is 58.9 Å². The number of methoxy groups -OCH3 is 1. The molecule has 1 saturated carbocycles. The van der Waals surface area contributed by atoms with Crippen LogP contribution >= 0.6 is 16.1 Å². The molecule has 31 nitrogen and oxygen atoms in total. The van der Waals surface area contributed by atoms with Gasteiger partial charge in [-0.2, -0.15) is 0 Å². The molecule has 3 aliphatic heterocycles. The lowest BCUT2D eigenvalue weighted by atomic mass is 9.84. The molecule has 0 bridgehead atoms. The summed E-state index contributed by atoms with van der Waals surface area (Å²) in [4.78, 5) is 65.1. The molecule has 3 heterocycles. The van der Waals surface area contributed by atoms with Crippen molar-refractivity contribution < 1.29 is 71.3 Å². The minimum Gasteiger partial charge on any atom is -0.458 e. The summed E-state index contributed by atoms with van der Waals surface area (Å²) >= 11 is 3.24. The molecule has 0 spiro atoms. The van der Waals surface area contributed by atoms with E-state index < -0.39 is 135 Å². The summed E-state index contributed by atoms with van der Waals surface area (Å²) in [6, 6.07) is 4.15. The number of azide groups is 5. The van der Waals surface area contributed by atoms with Crippen molar-refractivity contribution in [1.82, 2.24) is 3.93 Å². The van der Waals surface area contributed by atoms with Crippen LogP contribution < -0.4 is 0 Å². The summed E-state index contributed by atoms with van der Waals surface area (Å²) in [5.41, 5.74) is 48.6. The highest BCUT2D eigenvalue weighted by Gasteiger charge is 2.57. The third-order valence-electron chi connectivity index (χ3n) is 11.5. The van der Waals surface area contributed by atoms with Crippen LogP contribution in [-0.2, 0) is 73.1 Å². The Balaban J connectivity index is 1.49. The smallest absolute Gasteiger partial charge is 0.420 e. The van der Waals surface area contributed by atoms with E-state index in [9.17, 15) is 41.3 Å². The third-order valence-corrected chi connectivity index (χ3v) is 12.1. The molecule has 4 fully saturated rings. The Labute approximate surface area is 412 Å². The number of amides is 1. The van der Waals surface area contributed by atoms with E-state index in [2.05, 4.69) is 66.3 Å². The second-order valence-corrected chi connectivity index (χ2v) is 17.0. The molecule has 0 unspecified atom stereocenters. The fraction of sp³-hybridized carbons (Fsp3) is 0.744. The van der Waals surface area contributed by atoms with Gasteiger partial charge in [0.2, 0.25) is 0 Å². The van der Waals surface area contributed by atoms with Gasteiger partial charge in [0.1, 0.15) is 31.0 Å². The highest BCUT2D eigenvalue weighted by atomic mass is 79.9. The van der Waals surface area contributed by atoms with E-state index >= 15 is 0 Å². The Morgan fingerprint density at radius 2 is 1.24 bits per heavy atom. The van der Waals surface area contributed by atoms with Gasteiger partial charge in [0.15, 0.2) is 37.2 Å². The maximum atomic E-state index is 13.0. The minimum absolute atomic E-state index is 0.00710. The highest BCUT2D eigenvalue weighted by Crippen LogP contribution is 2.40.